The van der Waals surface area contributed by atoms with Gasteiger partial charge in [-0.05, 0) is 61.7 Å². The topological polar surface area (TPSA) is 136 Å². The van der Waals surface area contributed by atoms with Crippen molar-refractivity contribution in [2.24, 2.45) is 11.7 Å². The molecule has 1 atom stereocenters. The minimum atomic E-state index is -4.65. The van der Waals surface area contributed by atoms with E-state index in [2.05, 4.69) is 20.3 Å². The first-order valence-electron chi connectivity index (χ1n) is 13.3. The highest BCUT2D eigenvalue weighted by atomic mass is 19.4. The molecule has 0 unspecified atom stereocenters. The fourth-order valence-electron chi connectivity index (χ4n) is 4.94. The molecule has 0 aliphatic carbocycles. The van der Waals surface area contributed by atoms with Gasteiger partial charge in [0.1, 0.15) is 17.0 Å². The summed E-state index contributed by atoms with van der Waals surface area (Å²) in [6.07, 6.45) is -0.372. The van der Waals surface area contributed by atoms with Crippen LogP contribution in [0.5, 0.6) is 5.75 Å². The number of oxazole rings is 1. The van der Waals surface area contributed by atoms with Gasteiger partial charge in [-0.15, -0.1) is 0 Å². The molecule has 0 spiro atoms. The van der Waals surface area contributed by atoms with E-state index in [4.69, 9.17) is 14.9 Å². The van der Waals surface area contributed by atoms with Gasteiger partial charge in [-0.25, -0.2) is 9.97 Å². The minimum absolute atomic E-state index is 0.0180. The monoisotopic (exact) mass is 582 g/mol. The largest absolute Gasteiger partial charge is 0.494 e. The van der Waals surface area contributed by atoms with E-state index in [1.165, 1.54) is 19.2 Å². The number of ether oxygens (including phenoxy) is 1. The Morgan fingerprint density at radius 2 is 1.83 bits per heavy atom. The number of nitrogens with two attached hydrogens (primary N) is 1. The Hall–Kier alpha value is -4.52. The first-order valence-corrected chi connectivity index (χ1v) is 13.3. The van der Waals surface area contributed by atoms with Crippen molar-refractivity contribution in [3.8, 4) is 17.2 Å². The summed E-state index contributed by atoms with van der Waals surface area (Å²) >= 11 is 0. The number of carbonyl (C=O) groups excluding carboxylic acids is 2. The molecule has 0 saturated carbocycles. The Morgan fingerprint density at radius 1 is 1.12 bits per heavy atom. The highest BCUT2D eigenvalue weighted by molar-refractivity contribution is 5.98. The number of amides is 2. The third-order valence-corrected chi connectivity index (χ3v) is 7.20. The van der Waals surface area contributed by atoms with E-state index in [1.54, 1.807) is 30.3 Å². The van der Waals surface area contributed by atoms with Gasteiger partial charge >= 0.3 is 6.18 Å². The van der Waals surface area contributed by atoms with Gasteiger partial charge in [-0.2, -0.15) is 13.2 Å². The predicted molar refractivity (Wildman–Crippen MR) is 146 cm³/mol. The van der Waals surface area contributed by atoms with E-state index >= 15 is 0 Å². The SMILES string of the molecule is COc1ccc(-c2nc(C(=O)N3CCC(C(=O)NCc4ccncc4)CC3)c([C@H](C)N)o2)c2ccc(C(F)(F)F)nc12. The molecule has 0 bridgehead atoms. The summed E-state index contributed by atoms with van der Waals surface area (Å²) in [4.78, 5) is 40.1. The lowest BCUT2D eigenvalue weighted by Crippen LogP contribution is -2.43. The van der Waals surface area contributed by atoms with Gasteiger partial charge in [0.15, 0.2) is 11.5 Å². The summed E-state index contributed by atoms with van der Waals surface area (Å²) < 4.78 is 51.2. The number of nitrogens with one attached hydrogen (secondary N) is 1. The second kappa shape index (κ2) is 11.8. The van der Waals surface area contributed by atoms with Crippen LogP contribution in [0.25, 0.3) is 22.4 Å². The molecule has 220 valence electrons. The first-order chi connectivity index (χ1) is 20.1. The summed E-state index contributed by atoms with van der Waals surface area (Å²) in [7, 11) is 1.33. The Bertz CT molecular complexity index is 1600. The minimum Gasteiger partial charge on any atom is -0.494 e. The van der Waals surface area contributed by atoms with E-state index in [-0.39, 0.29) is 40.4 Å². The van der Waals surface area contributed by atoms with Gasteiger partial charge in [0, 0.05) is 48.9 Å². The lowest BCUT2D eigenvalue weighted by atomic mass is 9.95. The number of hydrogen-bond acceptors (Lipinski definition) is 8. The number of methoxy groups -OCH3 is 1. The lowest BCUT2D eigenvalue weighted by molar-refractivity contribution is -0.141. The smallest absolute Gasteiger partial charge is 0.433 e. The number of piperidine rings is 1. The zero-order chi connectivity index (χ0) is 30.0. The van der Waals surface area contributed by atoms with Crippen LogP contribution in [0, 0.1) is 5.92 Å². The number of hydrogen-bond donors (Lipinski definition) is 2. The molecular formula is C29H29F3N6O4. The van der Waals surface area contributed by atoms with Crippen LogP contribution in [0.1, 0.15) is 53.3 Å². The summed E-state index contributed by atoms with van der Waals surface area (Å²) in [5.41, 5.74) is 6.32. The molecule has 10 nitrogen and oxygen atoms in total. The summed E-state index contributed by atoms with van der Waals surface area (Å²) in [6, 6.07) is 8.14. The summed E-state index contributed by atoms with van der Waals surface area (Å²) in [5, 5.41) is 3.24. The maximum Gasteiger partial charge on any atom is 0.433 e. The molecule has 42 heavy (non-hydrogen) atoms. The zero-order valence-corrected chi connectivity index (χ0v) is 22.9. The van der Waals surface area contributed by atoms with Crippen molar-refractivity contribution >= 4 is 22.7 Å². The van der Waals surface area contributed by atoms with E-state index in [1.807, 2.05) is 12.1 Å². The predicted octanol–water partition coefficient (Wildman–Crippen LogP) is 4.50. The van der Waals surface area contributed by atoms with Crippen LogP contribution >= 0.6 is 0 Å². The molecule has 3 N–H and O–H groups in total. The molecule has 5 rings (SSSR count). The molecule has 4 aromatic rings. The first kappa shape index (κ1) is 29.0. The number of pyridine rings is 2. The normalized spacial score (nSPS) is 15.0. The molecule has 1 saturated heterocycles. The summed E-state index contributed by atoms with van der Waals surface area (Å²) in [6.45, 7) is 2.71. The van der Waals surface area contributed by atoms with E-state index in [0.717, 1.165) is 11.6 Å². The van der Waals surface area contributed by atoms with Gasteiger partial charge in [0.25, 0.3) is 5.91 Å². The van der Waals surface area contributed by atoms with Crippen molar-refractivity contribution in [2.45, 2.75) is 38.5 Å². The van der Waals surface area contributed by atoms with Crippen LogP contribution in [-0.2, 0) is 17.5 Å². The molecule has 13 heteroatoms. The Kier molecular flexibility index (Phi) is 8.12. The Balaban J connectivity index is 1.36. The van der Waals surface area contributed by atoms with Crippen LogP contribution in [0.15, 0.2) is 53.2 Å². The summed E-state index contributed by atoms with van der Waals surface area (Å²) in [5.74, 6) is -0.406. The highest BCUT2D eigenvalue weighted by Gasteiger charge is 2.34. The molecule has 4 heterocycles. The number of carbonyl (C=O) groups is 2. The number of alkyl halides is 3. The molecule has 1 aromatic carbocycles. The zero-order valence-electron chi connectivity index (χ0n) is 22.9. The Labute approximate surface area is 239 Å². The van der Waals surface area contributed by atoms with Gasteiger partial charge in [0.2, 0.25) is 11.8 Å². The number of fused-ring (bicyclic) bond motifs is 1. The van der Waals surface area contributed by atoms with Crippen molar-refractivity contribution in [2.75, 3.05) is 20.2 Å². The molecule has 1 fully saturated rings. The Morgan fingerprint density at radius 3 is 2.48 bits per heavy atom. The van der Waals surface area contributed by atoms with Gasteiger partial charge in [0.05, 0.1) is 13.2 Å². The number of likely N-dealkylation sites (tertiary alicyclic amines) is 1. The number of halogens is 3. The molecular weight excluding hydrogens is 553 g/mol. The average Bonchev–Trinajstić information content (AvgIpc) is 3.44. The molecule has 1 aliphatic heterocycles. The van der Waals surface area contributed by atoms with Crippen LogP contribution in [0.3, 0.4) is 0 Å². The van der Waals surface area contributed by atoms with Crippen molar-refractivity contribution in [3.05, 3.63) is 71.5 Å². The second-order valence-electron chi connectivity index (χ2n) is 10.1. The van der Waals surface area contributed by atoms with Gasteiger partial charge < -0.3 is 25.1 Å². The van der Waals surface area contributed by atoms with Crippen molar-refractivity contribution in [3.63, 3.8) is 0 Å². The molecule has 1 aliphatic rings. The fourth-order valence-corrected chi connectivity index (χ4v) is 4.94. The van der Waals surface area contributed by atoms with Crippen LogP contribution in [0.4, 0.5) is 13.2 Å². The van der Waals surface area contributed by atoms with Crippen molar-refractivity contribution in [1.82, 2.24) is 25.2 Å². The standard InChI is InChI=1S/C29H29F3N6O4/c1-16(33)25-24(28(40)38-13-9-18(10-14-38)26(39)35-15-17-7-11-34-12-8-17)37-27(42-25)20-3-5-21(41-2)23-19(20)4-6-22(36-23)29(30,31)32/h3-8,11-12,16,18H,9-10,13-15,33H2,1-2H3,(H,35,39)/t16-/m0/s1. The lowest BCUT2D eigenvalue weighted by Gasteiger charge is -2.31. The van der Waals surface area contributed by atoms with Crippen LogP contribution < -0.4 is 15.8 Å². The van der Waals surface area contributed by atoms with Gasteiger partial charge in [-0.1, -0.05) is 0 Å². The maximum absolute atomic E-state index is 13.6. The van der Waals surface area contributed by atoms with Crippen LogP contribution in [0.2, 0.25) is 0 Å². The quantitative estimate of drug-likeness (QED) is 0.325. The van der Waals surface area contributed by atoms with Crippen LogP contribution in [-0.4, -0.2) is 51.9 Å². The number of nitrogens with zero attached hydrogens (tertiary/aromatic N) is 4. The third-order valence-electron chi connectivity index (χ3n) is 7.20. The molecule has 0 radical (unpaired) electrons. The molecule has 3 aromatic heterocycles. The van der Waals surface area contributed by atoms with E-state index < -0.39 is 23.8 Å². The maximum atomic E-state index is 13.6. The number of rotatable bonds is 7. The number of benzene rings is 1. The highest BCUT2D eigenvalue weighted by Crippen LogP contribution is 2.37. The number of aromatic nitrogens is 3. The van der Waals surface area contributed by atoms with E-state index in [9.17, 15) is 22.8 Å². The van der Waals surface area contributed by atoms with Gasteiger partial charge in [-0.3, -0.25) is 14.6 Å². The van der Waals surface area contributed by atoms with E-state index in [0.29, 0.717) is 43.4 Å². The van der Waals surface area contributed by atoms with Crippen molar-refractivity contribution < 1.29 is 31.9 Å². The average molecular weight is 583 g/mol. The van der Waals surface area contributed by atoms with Crippen molar-refractivity contribution in [1.29, 1.82) is 0 Å². The third kappa shape index (κ3) is 5.91. The second-order valence-corrected chi connectivity index (χ2v) is 10.1. The molecule has 2 amide bonds. The fraction of sp³-hybridized carbons (Fsp3) is 0.345.